The summed E-state index contributed by atoms with van der Waals surface area (Å²) in [5.41, 5.74) is 2.52. The molecule has 1 aliphatic rings. The van der Waals surface area contributed by atoms with Crippen molar-refractivity contribution in [3.63, 3.8) is 0 Å². The first-order valence-electron chi connectivity index (χ1n) is 8.18. The Balaban J connectivity index is 1.97. The summed E-state index contributed by atoms with van der Waals surface area (Å²) in [5, 5.41) is 0. The highest BCUT2D eigenvalue weighted by atomic mass is 15.2. The highest BCUT2D eigenvalue weighted by molar-refractivity contribution is 5.62. The Hall–Kier alpha value is -1.87. The molecule has 1 fully saturated rings. The van der Waals surface area contributed by atoms with Gasteiger partial charge >= 0.3 is 0 Å². The number of likely N-dealkylation sites (tertiary alicyclic amines) is 1. The second-order valence-electron chi connectivity index (χ2n) is 6.30. The summed E-state index contributed by atoms with van der Waals surface area (Å²) >= 11 is 0. The third-order valence-electron chi connectivity index (χ3n) is 4.59. The molecule has 0 saturated carbocycles. The normalized spacial score (nSPS) is 18.8. The fourth-order valence-corrected chi connectivity index (χ4v) is 3.46. The minimum Gasteiger partial charge on any atom is -0.329 e. The van der Waals surface area contributed by atoms with E-state index in [1.165, 1.54) is 30.6 Å². The van der Waals surface area contributed by atoms with Crippen LogP contribution in [0.15, 0.2) is 48.7 Å². The van der Waals surface area contributed by atoms with E-state index < -0.39 is 0 Å². The first-order chi connectivity index (χ1) is 10.7. The molecule has 1 aliphatic heterocycles. The second-order valence-corrected chi connectivity index (χ2v) is 6.30. The van der Waals surface area contributed by atoms with Crippen molar-refractivity contribution in [1.29, 1.82) is 0 Å². The highest BCUT2D eigenvalue weighted by Gasteiger charge is 2.30. The fraction of sp³-hybridized carbons (Fsp3) is 0.421. The molecule has 3 rings (SSSR count). The van der Waals surface area contributed by atoms with Crippen molar-refractivity contribution in [2.24, 2.45) is 0 Å². The summed E-state index contributed by atoms with van der Waals surface area (Å²) in [7, 11) is 2.11. The Morgan fingerprint density at radius 1 is 1.14 bits per heavy atom. The van der Waals surface area contributed by atoms with Gasteiger partial charge in [-0.1, -0.05) is 24.3 Å². The average Bonchev–Trinajstić information content (AvgIpc) is 3.05. The number of pyridine rings is 1. The maximum Gasteiger partial charge on any atom is 0.137 e. The van der Waals surface area contributed by atoms with Gasteiger partial charge in [0.2, 0.25) is 0 Å². The molecule has 0 radical (unpaired) electrons. The zero-order valence-electron chi connectivity index (χ0n) is 13.7. The van der Waals surface area contributed by atoms with Crippen molar-refractivity contribution < 1.29 is 0 Å². The molecule has 0 bridgehead atoms. The molecule has 2 heterocycles. The lowest BCUT2D eigenvalue weighted by molar-refractivity contribution is 0.205. The number of rotatable bonds is 4. The number of nitrogens with zero attached hydrogens (tertiary/aromatic N) is 3. The zero-order chi connectivity index (χ0) is 15.5. The molecular formula is C19H25N3. The quantitative estimate of drug-likeness (QED) is 0.833. The van der Waals surface area contributed by atoms with Gasteiger partial charge in [0.25, 0.3) is 0 Å². The number of hydrogen-bond donors (Lipinski definition) is 0. The Bertz CT molecular complexity index is 609. The Morgan fingerprint density at radius 2 is 1.91 bits per heavy atom. The fourth-order valence-electron chi connectivity index (χ4n) is 3.46. The van der Waals surface area contributed by atoms with Crippen molar-refractivity contribution in [2.45, 2.75) is 38.8 Å². The summed E-state index contributed by atoms with van der Waals surface area (Å²) < 4.78 is 0. The lowest BCUT2D eigenvalue weighted by Gasteiger charge is -2.31. The van der Waals surface area contributed by atoms with E-state index in [0.29, 0.717) is 12.1 Å². The van der Waals surface area contributed by atoms with E-state index in [1.54, 1.807) is 0 Å². The van der Waals surface area contributed by atoms with Crippen LogP contribution in [0, 0.1) is 0 Å². The molecule has 1 unspecified atom stereocenters. The van der Waals surface area contributed by atoms with Crippen LogP contribution >= 0.6 is 0 Å². The highest BCUT2D eigenvalue weighted by Crippen LogP contribution is 2.38. The smallest absolute Gasteiger partial charge is 0.137 e. The minimum atomic E-state index is 0.481. The Kier molecular flexibility index (Phi) is 4.44. The van der Waals surface area contributed by atoms with Crippen molar-refractivity contribution in [3.05, 3.63) is 54.2 Å². The first kappa shape index (κ1) is 15.0. The van der Waals surface area contributed by atoms with Crippen LogP contribution in [0.1, 0.15) is 38.3 Å². The van der Waals surface area contributed by atoms with E-state index in [1.807, 2.05) is 12.3 Å². The summed E-state index contributed by atoms with van der Waals surface area (Å²) in [6.45, 7) is 5.76. The number of para-hydroxylation sites is 1. The summed E-state index contributed by atoms with van der Waals surface area (Å²) in [6.07, 6.45) is 4.39. The van der Waals surface area contributed by atoms with Crippen LogP contribution in [-0.4, -0.2) is 29.5 Å². The van der Waals surface area contributed by atoms with Gasteiger partial charge in [-0.15, -0.1) is 0 Å². The standard InChI is InChI=1S/C19H25N3/c1-15(2)22-14-8-12-18(22)17-11-7-13-20-19(17)21(3)16-9-5-4-6-10-16/h4-7,9-11,13,15,18H,8,12,14H2,1-3H3. The molecule has 1 aromatic carbocycles. The number of aromatic nitrogens is 1. The predicted octanol–water partition coefficient (Wildman–Crippen LogP) is 4.39. The molecule has 3 heteroatoms. The van der Waals surface area contributed by atoms with E-state index in [0.717, 1.165) is 5.82 Å². The van der Waals surface area contributed by atoms with Gasteiger partial charge < -0.3 is 4.90 Å². The van der Waals surface area contributed by atoms with Gasteiger partial charge in [-0.25, -0.2) is 4.98 Å². The van der Waals surface area contributed by atoms with Crippen LogP contribution in [0.4, 0.5) is 11.5 Å². The molecule has 1 saturated heterocycles. The van der Waals surface area contributed by atoms with Gasteiger partial charge in [-0.2, -0.15) is 0 Å². The molecule has 0 amide bonds. The van der Waals surface area contributed by atoms with Gasteiger partial charge in [0.15, 0.2) is 0 Å². The molecule has 2 aromatic rings. The monoisotopic (exact) mass is 295 g/mol. The molecule has 0 N–H and O–H groups in total. The Labute approximate surface area is 133 Å². The van der Waals surface area contributed by atoms with Crippen molar-refractivity contribution in [2.75, 3.05) is 18.5 Å². The summed E-state index contributed by atoms with van der Waals surface area (Å²) in [4.78, 5) is 9.49. The van der Waals surface area contributed by atoms with Crippen LogP contribution in [-0.2, 0) is 0 Å². The van der Waals surface area contributed by atoms with E-state index >= 15 is 0 Å². The second kappa shape index (κ2) is 6.49. The average molecular weight is 295 g/mol. The van der Waals surface area contributed by atoms with Crippen molar-refractivity contribution >= 4 is 11.5 Å². The van der Waals surface area contributed by atoms with Crippen molar-refractivity contribution in [3.8, 4) is 0 Å². The van der Waals surface area contributed by atoms with E-state index in [9.17, 15) is 0 Å². The van der Waals surface area contributed by atoms with E-state index in [4.69, 9.17) is 4.98 Å². The lowest BCUT2D eigenvalue weighted by Crippen LogP contribution is -2.31. The topological polar surface area (TPSA) is 19.4 Å². The van der Waals surface area contributed by atoms with Gasteiger partial charge in [-0.05, 0) is 51.4 Å². The largest absolute Gasteiger partial charge is 0.329 e. The van der Waals surface area contributed by atoms with Crippen LogP contribution < -0.4 is 4.90 Å². The van der Waals surface area contributed by atoms with Gasteiger partial charge in [-0.3, -0.25) is 4.90 Å². The summed E-state index contributed by atoms with van der Waals surface area (Å²) in [5.74, 6) is 1.08. The molecule has 3 nitrogen and oxygen atoms in total. The maximum absolute atomic E-state index is 4.69. The molecule has 22 heavy (non-hydrogen) atoms. The first-order valence-corrected chi connectivity index (χ1v) is 8.18. The minimum absolute atomic E-state index is 0.481. The van der Waals surface area contributed by atoms with Gasteiger partial charge in [0.05, 0.1) is 0 Å². The number of hydrogen-bond acceptors (Lipinski definition) is 3. The molecule has 1 aromatic heterocycles. The summed E-state index contributed by atoms with van der Waals surface area (Å²) in [6, 6.07) is 15.8. The molecule has 116 valence electrons. The van der Waals surface area contributed by atoms with Crippen LogP contribution in [0.2, 0.25) is 0 Å². The molecule has 1 atom stereocenters. The van der Waals surface area contributed by atoms with Crippen LogP contribution in [0.3, 0.4) is 0 Å². The maximum atomic E-state index is 4.69. The SMILES string of the molecule is CC(C)N1CCCC1c1cccnc1N(C)c1ccccc1. The third kappa shape index (κ3) is 2.86. The van der Waals surface area contributed by atoms with Crippen molar-refractivity contribution in [1.82, 2.24) is 9.88 Å². The predicted molar refractivity (Wildman–Crippen MR) is 92.6 cm³/mol. The van der Waals surface area contributed by atoms with Crippen LogP contribution in [0.5, 0.6) is 0 Å². The van der Waals surface area contributed by atoms with Crippen LogP contribution in [0.25, 0.3) is 0 Å². The molecular weight excluding hydrogens is 270 g/mol. The lowest BCUT2D eigenvalue weighted by atomic mass is 10.0. The Morgan fingerprint density at radius 3 is 2.64 bits per heavy atom. The van der Waals surface area contributed by atoms with E-state index in [-0.39, 0.29) is 0 Å². The number of anilines is 2. The van der Waals surface area contributed by atoms with Gasteiger partial charge in [0.1, 0.15) is 5.82 Å². The van der Waals surface area contributed by atoms with Gasteiger partial charge in [0, 0.05) is 36.6 Å². The third-order valence-corrected chi connectivity index (χ3v) is 4.59. The van der Waals surface area contributed by atoms with E-state index in [2.05, 4.69) is 67.1 Å². The molecule has 0 spiro atoms. The zero-order valence-corrected chi connectivity index (χ0v) is 13.7. The number of benzene rings is 1. The molecule has 0 aliphatic carbocycles.